The Balaban J connectivity index is 1.04. The molecule has 1 amide bonds. The summed E-state index contributed by atoms with van der Waals surface area (Å²) >= 11 is 0. The van der Waals surface area contributed by atoms with Crippen LogP contribution in [0.3, 0.4) is 0 Å². The number of carbonyl (C=O) groups excluding carboxylic acids is 2. The summed E-state index contributed by atoms with van der Waals surface area (Å²) < 4.78 is 35.3. The second kappa shape index (κ2) is 9.41. The van der Waals surface area contributed by atoms with Crippen LogP contribution < -0.4 is 0 Å². The summed E-state index contributed by atoms with van der Waals surface area (Å²) in [6.07, 6.45) is 19.6. The van der Waals surface area contributed by atoms with E-state index in [1.165, 1.54) is 44.6 Å². The van der Waals surface area contributed by atoms with E-state index < -0.39 is 34.2 Å². The van der Waals surface area contributed by atoms with Gasteiger partial charge in [-0.3, -0.25) is 4.79 Å². The molecule has 1 heterocycles. The average molecular weight is 658 g/mol. The van der Waals surface area contributed by atoms with Crippen LogP contribution in [-0.4, -0.2) is 46.7 Å². The van der Waals surface area contributed by atoms with Crippen molar-refractivity contribution in [2.24, 2.45) is 56.7 Å². The smallest absolute Gasteiger partial charge is 0.410 e. The van der Waals surface area contributed by atoms with Gasteiger partial charge in [-0.2, -0.15) is 0 Å². The van der Waals surface area contributed by atoms with E-state index in [-0.39, 0.29) is 45.5 Å². The number of rotatable bonds is 4. The number of halogens is 2. The fourth-order valence-corrected chi connectivity index (χ4v) is 15.2. The van der Waals surface area contributed by atoms with Gasteiger partial charge < -0.3 is 14.7 Å². The van der Waals surface area contributed by atoms with Gasteiger partial charge in [-0.15, -0.1) is 0 Å². The van der Waals surface area contributed by atoms with Crippen LogP contribution in [0, 0.1) is 68.3 Å². The molecular weight excluding hydrogens is 608 g/mol. The van der Waals surface area contributed by atoms with Crippen molar-refractivity contribution >= 4 is 11.9 Å². The molecule has 3 spiro atoms. The van der Waals surface area contributed by atoms with Crippen molar-refractivity contribution in [2.45, 2.75) is 109 Å². The molecule has 11 aliphatic rings. The highest BCUT2D eigenvalue weighted by atomic mass is 19.2. The zero-order valence-electron chi connectivity index (χ0n) is 28.4. The molecule has 1 aliphatic heterocycles. The van der Waals surface area contributed by atoms with E-state index in [9.17, 15) is 23.5 Å². The third-order valence-electron chi connectivity index (χ3n) is 16.8. The normalized spacial score (nSPS) is 50.7. The minimum atomic E-state index is -1.02. The summed E-state index contributed by atoms with van der Waals surface area (Å²) in [5.41, 5.74) is -1.12. The minimum Gasteiger partial charge on any atom is -0.440 e. The summed E-state index contributed by atoms with van der Waals surface area (Å²) in [6, 6.07) is 3.50. The van der Waals surface area contributed by atoms with E-state index in [2.05, 4.69) is 37.0 Å². The number of ether oxygens (including phenoxy) is 1. The Morgan fingerprint density at radius 3 is 2.27 bits per heavy atom. The number of Topliss-reactive ketones (excluding diaryl/α,β-unsaturated/α-hetero) is 1. The molecule has 1 aromatic rings. The topological polar surface area (TPSA) is 66.8 Å². The maximum Gasteiger partial charge on any atom is 0.410 e. The fourth-order valence-electron chi connectivity index (χ4n) is 15.2. The molecule has 7 saturated carbocycles. The standard InChI is InChI=1S/C41H49F2NO4/c1-36-8-5-28(45)20-39(36)11-12-41(29(21-39)34(46)27-3-4-30(42)31(43)16-27)32(36)6-9-37(2)33(41)7-10-40(37)23-44(35(47)48-40)22-38-17-24-13-25(18-38)15-26(14-24)19-38/h3-4,11-12,16,21,24-26,28,32-33,45H,5-10,13-15,17-20,22-23H2,1-2H3/t24?,25?,26?,28-,32+,33+,36+,37-,38?,39-,40+,41+/m0/s1. The van der Waals surface area contributed by atoms with E-state index in [0.717, 1.165) is 75.0 Å². The van der Waals surface area contributed by atoms with Gasteiger partial charge in [-0.05, 0) is 142 Å². The minimum absolute atomic E-state index is 0.0507. The Labute approximate surface area is 282 Å². The molecule has 48 heavy (non-hydrogen) atoms. The highest BCUT2D eigenvalue weighted by Gasteiger charge is 2.76. The largest absolute Gasteiger partial charge is 0.440 e. The number of ketones is 1. The summed E-state index contributed by atoms with van der Waals surface area (Å²) in [4.78, 5) is 30.7. The third-order valence-corrected chi connectivity index (χ3v) is 16.8. The Bertz CT molecular complexity index is 1670. The van der Waals surface area contributed by atoms with Crippen LogP contribution in [-0.2, 0) is 4.74 Å². The van der Waals surface area contributed by atoms with Gasteiger partial charge in [0.1, 0.15) is 5.60 Å². The third kappa shape index (κ3) is 3.60. The van der Waals surface area contributed by atoms with Crippen molar-refractivity contribution in [3.8, 4) is 0 Å². The van der Waals surface area contributed by atoms with E-state index >= 15 is 0 Å². The number of aliphatic hydroxyl groups excluding tert-OH is 1. The Hall–Kier alpha value is -2.54. The van der Waals surface area contributed by atoms with Crippen molar-refractivity contribution in [2.75, 3.05) is 13.1 Å². The first-order valence-electron chi connectivity index (χ1n) is 18.9. The molecule has 0 radical (unpaired) electrons. The molecule has 8 atom stereocenters. The first-order valence-corrected chi connectivity index (χ1v) is 18.9. The monoisotopic (exact) mass is 657 g/mol. The first kappa shape index (κ1) is 30.3. The molecule has 1 saturated heterocycles. The lowest BCUT2D eigenvalue weighted by Crippen LogP contribution is -2.67. The van der Waals surface area contributed by atoms with Crippen molar-refractivity contribution < 1.29 is 28.2 Å². The molecule has 10 aliphatic carbocycles. The summed E-state index contributed by atoms with van der Waals surface area (Å²) in [5, 5.41) is 11.0. The quantitative estimate of drug-likeness (QED) is 0.261. The number of fused-ring (bicyclic) bond motifs is 2. The summed E-state index contributed by atoms with van der Waals surface area (Å²) in [7, 11) is 0. The molecule has 1 aromatic carbocycles. The number of carbonyl (C=O) groups is 2. The maximum absolute atomic E-state index is 14.7. The van der Waals surface area contributed by atoms with E-state index in [4.69, 9.17) is 4.74 Å². The zero-order valence-corrected chi connectivity index (χ0v) is 28.4. The van der Waals surface area contributed by atoms with Gasteiger partial charge >= 0.3 is 6.09 Å². The number of aliphatic hydroxyl groups is 1. The number of benzene rings is 1. The van der Waals surface area contributed by atoms with Crippen molar-refractivity contribution in [3.05, 3.63) is 59.2 Å². The first-order chi connectivity index (χ1) is 22.8. The second-order valence-electron chi connectivity index (χ2n) is 18.9. The Morgan fingerprint density at radius 1 is 0.896 bits per heavy atom. The summed E-state index contributed by atoms with van der Waals surface area (Å²) in [6.45, 7) is 6.13. The molecule has 1 N–H and O–H groups in total. The molecule has 12 rings (SSSR count). The van der Waals surface area contributed by atoms with Crippen LogP contribution in [0.25, 0.3) is 0 Å². The van der Waals surface area contributed by atoms with Crippen LogP contribution in [0.2, 0.25) is 0 Å². The van der Waals surface area contributed by atoms with Crippen LogP contribution in [0.5, 0.6) is 0 Å². The van der Waals surface area contributed by atoms with E-state index in [1.54, 1.807) is 0 Å². The SMILES string of the molecule is C[C@]12CC[C@H]3[C@]4(C=C[C@@]5(C=C4C(=O)c4ccc(F)c(F)c4)C[C@@H](O)CC[C@]35C)[C@@H]1CC[C@@]21CN(CC23CC4CC(CC(C4)C2)C3)C(=O)O1. The molecule has 0 unspecified atom stereocenters. The van der Waals surface area contributed by atoms with Gasteiger partial charge in [0.25, 0.3) is 0 Å². The summed E-state index contributed by atoms with van der Waals surface area (Å²) in [5.74, 6) is 0.440. The molecular formula is C41H49F2NO4. The Morgan fingerprint density at radius 2 is 1.56 bits per heavy atom. The van der Waals surface area contributed by atoms with Gasteiger partial charge in [0.15, 0.2) is 17.4 Å². The fraction of sp³-hybridized carbons (Fsp3) is 0.707. The number of hydrogen-bond acceptors (Lipinski definition) is 4. The lowest BCUT2D eigenvalue weighted by molar-refractivity contribution is -0.164. The van der Waals surface area contributed by atoms with Gasteiger partial charge in [-0.25, -0.2) is 13.6 Å². The van der Waals surface area contributed by atoms with Crippen LogP contribution in [0.15, 0.2) is 42.0 Å². The number of allylic oxidation sites excluding steroid dienone is 4. The predicted octanol–water partition coefficient (Wildman–Crippen LogP) is 8.41. The molecule has 8 fully saturated rings. The highest BCUT2D eigenvalue weighted by Crippen LogP contribution is 2.79. The zero-order chi connectivity index (χ0) is 33.1. The van der Waals surface area contributed by atoms with Gasteiger partial charge in [0.2, 0.25) is 0 Å². The lowest BCUT2D eigenvalue weighted by Gasteiger charge is -2.71. The van der Waals surface area contributed by atoms with E-state index in [1.807, 2.05) is 0 Å². The van der Waals surface area contributed by atoms with E-state index in [0.29, 0.717) is 18.5 Å². The van der Waals surface area contributed by atoms with Crippen LogP contribution >= 0.6 is 0 Å². The van der Waals surface area contributed by atoms with Crippen molar-refractivity contribution in [1.29, 1.82) is 0 Å². The van der Waals surface area contributed by atoms with Crippen LogP contribution in [0.4, 0.5) is 13.6 Å². The highest BCUT2D eigenvalue weighted by molar-refractivity contribution is 6.10. The molecule has 7 heteroatoms. The number of nitrogens with zero attached hydrogens (tertiary/aromatic N) is 1. The molecule has 0 aromatic heterocycles. The van der Waals surface area contributed by atoms with Gasteiger partial charge in [-0.1, -0.05) is 32.1 Å². The van der Waals surface area contributed by atoms with Crippen molar-refractivity contribution in [1.82, 2.24) is 4.90 Å². The van der Waals surface area contributed by atoms with Gasteiger partial charge in [0, 0.05) is 33.9 Å². The van der Waals surface area contributed by atoms with Crippen LogP contribution in [0.1, 0.15) is 108 Å². The molecule has 6 bridgehead atoms. The average Bonchev–Trinajstić information content (AvgIpc) is 3.51. The van der Waals surface area contributed by atoms with Gasteiger partial charge in [0.05, 0.1) is 12.6 Å². The maximum atomic E-state index is 14.7. The number of hydrogen-bond donors (Lipinski definition) is 1. The lowest BCUT2D eigenvalue weighted by atomic mass is 9.32. The molecule has 256 valence electrons. The Kier molecular flexibility index (Phi) is 5.94. The predicted molar refractivity (Wildman–Crippen MR) is 176 cm³/mol. The molecule has 5 nitrogen and oxygen atoms in total. The second-order valence-corrected chi connectivity index (χ2v) is 18.9. The number of amides is 1. The van der Waals surface area contributed by atoms with Crippen molar-refractivity contribution in [3.63, 3.8) is 0 Å².